The van der Waals surface area contributed by atoms with Crippen molar-refractivity contribution in [3.8, 4) is 0 Å². The van der Waals surface area contributed by atoms with E-state index in [1.165, 1.54) is 29.1 Å². The number of methoxy groups -OCH3 is 1. The highest BCUT2D eigenvalue weighted by Crippen LogP contribution is 2.48. The number of hydrogen-bond acceptors (Lipinski definition) is 3. The van der Waals surface area contributed by atoms with Crippen LogP contribution in [0.15, 0.2) is 36.4 Å². The fourth-order valence-corrected chi connectivity index (χ4v) is 3.61. The van der Waals surface area contributed by atoms with Crippen LogP contribution in [-0.2, 0) is 14.9 Å². The van der Waals surface area contributed by atoms with Crippen LogP contribution in [0.25, 0.3) is 10.8 Å². The first kappa shape index (κ1) is 14.9. The maximum atomic E-state index is 11.5. The second-order valence-corrected chi connectivity index (χ2v) is 6.60. The van der Waals surface area contributed by atoms with Gasteiger partial charge >= 0.3 is 5.97 Å². The Morgan fingerprint density at radius 3 is 2.68 bits per heavy atom. The molecule has 0 bridgehead atoms. The SMILES string of the molecule is COC(=O)CCN1c2ccc3ccccc3c2C(C)(C)C1C. The van der Waals surface area contributed by atoms with Crippen LogP contribution >= 0.6 is 0 Å². The van der Waals surface area contributed by atoms with Gasteiger partial charge in [0.2, 0.25) is 0 Å². The van der Waals surface area contributed by atoms with Crippen molar-refractivity contribution >= 4 is 22.4 Å². The quantitative estimate of drug-likeness (QED) is 0.805. The topological polar surface area (TPSA) is 29.5 Å². The van der Waals surface area contributed by atoms with Gasteiger partial charge in [-0.15, -0.1) is 0 Å². The summed E-state index contributed by atoms with van der Waals surface area (Å²) in [6.07, 6.45) is 0.420. The molecule has 1 unspecified atom stereocenters. The largest absolute Gasteiger partial charge is 0.469 e. The molecule has 0 amide bonds. The lowest BCUT2D eigenvalue weighted by Gasteiger charge is -2.31. The van der Waals surface area contributed by atoms with E-state index >= 15 is 0 Å². The van der Waals surface area contributed by atoms with Gasteiger partial charge in [0.1, 0.15) is 0 Å². The third-order valence-corrected chi connectivity index (χ3v) is 5.16. The third-order valence-electron chi connectivity index (χ3n) is 5.16. The summed E-state index contributed by atoms with van der Waals surface area (Å²) in [7, 11) is 1.45. The van der Waals surface area contributed by atoms with Crippen LogP contribution in [0.4, 0.5) is 5.69 Å². The molecule has 0 fully saturated rings. The fraction of sp³-hybridized carbons (Fsp3) is 0.421. The second-order valence-electron chi connectivity index (χ2n) is 6.60. The van der Waals surface area contributed by atoms with E-state index in [0.717, 1.165) is 0 Å². The first-order valence-corrected chi connectivity index (χ1v) is 7.82. The Morgan fingerprint density at radius 2 is 1.95 bits per heavy atom. The van der Waals surface area contributed by atoms with Gasteiger partial charge in [-0.25, -0.2) is 0 Å². The van der Waals surface area contributed by atoms with E-state index in [1.807, 2.05) is 0 Å². The first-order valence-electron chi connectivity index (χ1n) is 7.82. The number of hydrogen-bond donors (Lipinski definition) is 0. The Balaban J connectivity index is 2.08. The maximum Gasteiger partial charge on any atom is 0.307 e. The Bertz CT molecular complexity index is 720. The van der Waals surface area contributed by atoms with Crippen molar-refractivity contribution in [3.05, 3.63) is 42.0 Å². The number of benzene rings is 2. The van der Waals surface area contributed by atoms with Gasteiger partial charge in [0.05, 0.1) is 13.5 Å². The Hall–Kier alpha value is -2.03. The van der Waals surface area contributed by atoms with E-state index in [1.54, 1.807) is 0 Å². The molecule has 22 heavy (non-hydrogen) atoms. The van der Waals surface area contributed by atoms with E-state index in [4.69, 9.17) is 4.74 Å². The summed E-state index contributed by atoms with van der Waals surface area (Å²) in [6.45, 7) is 7.52. The van der Waals surface area contributed by atoms with Crippen molar-refractivity contribution in [2.75, 3.05) is 18.6 Å². The maximum absolute atomic E-state index is 11.5. The molecule has 2 aromatic rings. The van der Waals surface area contributed by atoms with Gasteiger partial charge in [-0.2, -0.15) is 0 Å². The van der Waals surface area contributed by atoms with Crippen molar-refractivity contribution in [1.29, 1.82) is 0 Å². The second kappa shape index (κ2) is 5.31. The van der Waals surface area contributed by atoms with Crippen LogP contribution in [0, 0.1) is 0 Å². The Morgan fingerprint density at radius 1 is 1.23 bits per heavy atom. The zero-order chi connectivity index (χ0) is 15.9. The van der Waals surface area contributed by atoms with Crippen LogP contribution in [0.3, 0.4) is 0 Å². The molecule has 116 valence electrons. The monoisotopic (exact) mass is 297 g/mol. The fourth-order valence-electron chi connectivity index (χ4n) is 3.61. The molecule has 0 radical (unpaired) electrons. The molecule has 2 aromatic carbocycles. The molecule has 3 heteroatoms. The van der Waals surface area contributed by atoms with Gasteiger partial charge in [0.25, 0.3) is 0 Å². The zero-order valence-electron chi connectivity index (χ0n) is 13.7. The van der Waals surface area contributed by atoms with Gasteiger partial charge < -0.3 is 9.64 Å². The lowest BCUT2D eigenvalue weighted by atomic mass is 9.79. The normalized spacial score (nSPS) is 19.3. The van der Waals surface area contributed by atoms with Crippen LogP contribution in [0.1, 0.15) is 32.8 Å². The van der Waals surface area contributed by atoms with Crippen molar-refractivity contribution in [1.82, 2.24) is 0 Å². The molecular weight excluding hydrogens is 274 g/mol. The van der Waals surface area contributed by atoms with Crippen molar-refractivity contribution < 1.29 is 9.53 Å². The van der Waals surface area contributed by atoms with Gasteiger partial charge in [-0.3, -0.25) is 4.79 Å². The number of anilines is 1. The summed E-state index contributed by atoms with van der Waals surface area (Å²) < 4.78 is 4.79. The highest BCUT2D eigenvalue weighted by Gasteiger charge is 2.42. The number of esters is 1. The third kappa shape index (κ3) is 2.16. The summed E-state index contributed by atoms with van der Waals surface area (Å²) >= 11 is 0. The van der Waals surface area contributed by atoms with Gasteiger partial charge in [-0.1, -0.05) is 44.2 Å². The number of nitrogens with zero attached hydrogens (tertiary/aromatic N) is 1. The minimum Gasteiger partial charge on any atom is -0.469 e. The summed E-state index contributed by atoms with van der Waals surface area (Å²) in [5.74, 6) is -0.153. The van der Waals surface area contributed by atoms with E-state index in [-0.39, 0.29) is 11.4 Å². The Kier molecular flexibility index (Phi) is 3.59. The van der Waals surface area contributed by atoms with Crippen LogP contribution in [0.2, 0.25) is 0 Å². The summed E-state index contributed by atoms with van der Waals surface area (Å²) in [4.78, 5) is 13.9. The minimum atomic E-state index is -0.153. The number of carbonyl (C=O) groups is 1. The van der Waals surface area contributed by atoms with Crippen molar-refractivity contribution in [2.24, 2.45) is 0 Å². The molecule has 3 nitrogen and oxygen atoms in total. The number of ether oxygens (including phenoxy) is 1. The van der Waals surface area contributed by atoms with Crippen molar-refractivity contribution in [3.63, 3.8) is 0 Å². The van der Waals surface area contributed by atoms with E-state index in [2.05, 4.69) is 62.1 Å². The number of carbonyl (C=O) groups excluding carboxylic acids is 1. The molecule has 3 rings (SSSR count). The molecule has 0 N–H and O–H groups in total. The highest BCUT2D eigenvalue weighted by atomic mass is 16.5. The number of rotatable bonds is 3. The molecule has 1 aliphatic rings. The molecule has 0 saturated heterocycles. The number of fused-ring (bicyclic) bond motifs is 3. The minimum absolute atomic E-state index is 0.0479. The lowest BCUT2D eigenvalue weighted by Crippen LogP contribution is -2.40. The van der Waals surface area contributed by atoms with Crippen molar-refractivity contribution in [2.45, 2.75) is 38.6 Å². The predicted molar refractivity (Wildman–Crippen MR) is 90.4 cm³/mol. The molecule has 0 aromatic heterocycles. The summed E-state index contributed by atoms with van der Waals surface area (Å²) in [6, 6.07) is 13.3. The van der Waals surface area contributed by atoms with Crippen LogP contribution < -0.4 is 4.90 Å². The standard InChI is InChI=1S/C19H23NO2/c1-13-19(2,3)18-15-8-6-5-7-14(15)9-10-16(18)20(13)12-11-17(21)22-4/h5-10,13H,11-12H2,1-4H3. The lowest BCUT2D eigenvalue weighted by molar-refractivity contribution is -0.140. The molecular formula is C19H23NO2. The van der Waals surface area contributed by atoms with Gasteiger partial charge in [0.15, 0.2) is 0 Å². The van der Waals surface area contributed by atoms with E-state index in [0.29, 0.717) is 19.0 Å². The summed E-state index contributed by atoms with van der Waals surface area (Å²) in [5, 5.41) is 2.59. The molecule has 0 spiro atoms. The molecule has 1 heterocycles. The van der Waals surface area contributed by atoms with E-state index in [9.17, 15) is 4.79 Å². The van der Waals surface area contributed by atoms with Gasteiger partial charge in [0, 0.05) is 23.7 Å². The first-order chi connectivity index (χ1) is 10.5. The Labute approximate surface area is 131 Å². The predicted octanol–water partition coefficient (Wildman–Crippen LogP) is 3.89. The van der Waals surface area contributed by atoms with Crippen LogP contribution in [-0.4, -0.2) is 25.7 Å². The average Bonchev–Trinajstić information content (AvgIpc) is 2.72. The molecule has 0 saturated carbocycles. The molecule has 1 atom stereocenters. The average molecular weight is 297 g/mol. The molecule has 1 aliphatic heterocycles. The smallest absolute Gasteiger partial charge is 0.307 e. The van der Waals surface area contributed by atoms with Crippen LogP contribution in [0.5, 0.6) is 0 Å². The summed E-state index contributed by atoms with van der Waals surface area (Å²) in [5.41, 5.74) is 2.69. The highest BCUT2D eigenvalue weighted by molar-refractivity contribution is 5.93. The zero-order valence-corrected chi connectivity index (χ0v) is 13.7. The molecule has 0 aliphatic carbocycles. The van der Waals surface area contributed by atoms with E-state index < -0.39 is 0 Å². The van der Waals surface area contributed by atoms with Gasteiger partial charge in [-0.05, 0) is 29.3 Å².